The summed E-state index contributed by atoms with van der Waals surface area (Å²) in [5.74, 6) is -1.16. The number of ether oxygens (including phenoxy) is 2. The Hall–Kier alpha value is -3.40. The SMILES string of the molecule is CC[C@@]1(O)C(=O)OCc2c1cc1n(c2=O)Cc2c-1nc1cc(F)c(C)cc1c2/C=C/COCN. The summed E-state index contributed by atoms with van der Waals surface area (Å²) < 4.78 is 26.3. The first kappa shape index (κ1) is 22.4. The fourth-order valence-electron chi connectivity index (χ4n) is 4.73. The molecule has 1 aromatic carbocycles. The summed E-state index contributed by atoms with van der Waals surface area (Å²) in [4.78, 5) is 30.5. The normalized spacial score (nSPS) is 18.8. The van der Waals surface area contributed by atoms with Gasteiger partial charge in [-0.15, -0.1) is 0 Å². The lowest BCUT2D eigenvalue weighted by molar-refractivity contribution is -0.172. The first-order valence-corrected chi connectivity index (χ1v) is 11.0. The second-order valence-corrected chi connectivity index (χ2v) is 8.51. The molecule has 0 saturated carbocycles. The maximum absolute atomic E-state index is 14.4. The summed E-state index contributed by atoms with van der Waals surface area (Å²) in [6.45, 7) is 3.75. The first-order valence-electron chi connectivity index (χ1n) is 11.0. The number of carbonyl (C=O) groups is 1. The third-order valence-corrected chi connectivity index (χ3v) is 6.63. The Kier molecular flexibility index (Phi) is 5.35. The standard InChI is InChI=1S/C25H24FN3O5/c1-3-25(32)18-8-21-22-16(10-29(21)23(30)17(18)11-34-24(25)31)14(5-4-6-33-12-27)15-7-13(2)19(26)9-20(15)28-22/h4-5,7-9,32H,3,6,10-12,27H2,1-2H3/b5-4+/t25-/m0/s1. The third-order valence-electron chi connectivity index (χ3n) is 6.63. The molecule has 4 heterocycles. The predicted octanol–water partition coefficient (Wildman–Crippen LogP) is 2.47. The van der Waals surface area contributed by atoms with Crippen LogP contribution in [0.5, 0.6) is 0 Å². The number of nitrogens with two attached hydrogens (primary N) is 1. The number of rotatable bonds is 5. The number of aliphatic hydroxyl groups is 1. The van der Waals surface area contributed by atoms with Crippen LogP contribution in [0.15, 0.2) is 29.1 Å². The van der Waals surface area contributed by atoms with Gasteiger partial charge in [0.2, 0.25) is 0 Å². The van der Waals surface area contributed by atoms with Crippen molar-refractivity contribution in [1.29, 1.82) is 0 Å². The number of hydrogen-bond acceptors (Lipinski definition) is 7. The fourth-order valence-corrected chi connectivity index (χ4v) is 4.73. The zero-order valence-electron chi connectivity index (χ0n) is 18.9. The molecule has 2 aliphatic rings. The summed E-state index contributed by atoms with van der Waals surface area (Å²) in [6, 6.07) is 4.75. The minimum atomic E-state index is -1.91. The van der Waals surface area contributed by atoms with Crippen LogP contribution in [0.4, 0.5) is 4.39 Å². The van der Waals surface area contributed by atoms with E-state index in [-0.39, 0.29) is 48.8 Å². The Morgan fingerprint density at radius 1 is 1.32 bits per heavy atom. The van der Waals surface area contributed by atoms with Crippen LogP contribution in [0.25, 0.3) is 28.4 Å². The molecule has 0 amide bonds. The van der Waals surface area contributed by atoms with Gasteiger partial charge in [0.05, 0.1) is 42.4 Å². The van der Waals surface area contributed by atoms with Gasteiger partial charge in [-0.25, -0.2) is 14.2 Å². The lowest BCUT2D eigenvalue weighted by atomic mass is 9.86. The number of benzene rings is 1. The summed E-state index contributed by atoms with van der Waals surface area (Å²) in [6.07, 6.45) is 3.72. The molecule has 0 radical (unpaired) electrons. The molecule has 0 unspecified atom stereocenters. The van der Waals surface area contributed by atoms with Crippen LogP contribution in [0.1, 0.15) is 41.2 Å². The van der Waals surface area contributed by atoms with E-state index in [0.29, 0.717) is 29.1 Å². The van der Waals surface area contributed by atoms with Crippen molar-refractivity contribution in [3.05, 3.63) is 68.3 Å². The number of pyridine rings is 2. The van der Waals surface area contributed by atoms with E-state index in [1.165, 1.54) is 6.07 Å². The van der Waals surface area contributed by atoms with Gasteiger partial charge in [-0.05, 0) is 36.6 Å². The van der Waals surface area contributed by atoms with Crippen molar-refractivity contribution in [2.75, 3.05) is 13.3 Å². The maximum Gasteiger partial charge on any atom is 0.343 e. The van der Waals surface area contributed by atoms with Crippen LogP contribution in [0.3, 0.4) is 0 Å². The zero-order chi connectivity index (χ0) is 24.2. The Bertz CT molecular complexity index is 1450. The number of esters is 1. The maximum atomic E-state index is 14.4. The summed E-state index contributed by atoms with van der Waals surface area (Å²) in [5, 5.41) is 11.8. The van der Waals surface area contributed by atoms with E-state index >= 15 is 0 Å². The highest BCUT2D eigenvalue weighted by atomic mass is 19.1. The van der Waals surface area contributed by atoms with Crippen molar-refractivity contribution in [3.63, 3.8) is 0 Å². The highest BCUT2D eigenvalue weighted by Gasteiger charge is 2.45. The van der Waals surface area contributed by atoms with E-state index in [1.54, 1.807) is 36.6 Å². The van der Waals surface area contributed by atoms with Crippen LogP contribution >= 0.6 is 0 Å². The van der Waals surface area contributed by atoms with E-state index in [4.69, 9.17) is 20.2 Å². The minimum Gasteiger partial charge on any atom is -0.458 e. The molecule has 3 aromatic rings. The van der Waals surface area contributed by atoms with Crippen LogP contribution in [0, 0.1) is 12.7 Å². The lowest BCUT2D eigenvalue weighted by Crippen LogP contribution is -2.44. The topological polar surface area (TPSA) is 117 Å². The fraction of sp³-hybridized carbons (Fsp3) is 0.320. The molecule has 0 fully saturated rings. The molecule has 3 N–H and O–H groups in total. The number of fused-ring (bicyclic) bond motifs is 5. The highest BCUT2D eigenvalue weighted by molar-refractivity contribution is 5.94. The Morgan fingerprint density at radius 3 is 2.85 bits per heavy atom. The van der Waals surface area contributed by atoms with Gasteiger partial charge in [0.1, 0.15) is 12.4 Å². The molecule has 0 saturated heterocycles. The molecule has 34 heavy (non-hydrogen) atoms. The second kappa shape index (κ2) is 8.12. The van der Waals surface area contributed by atoms with Crippen molar-refractivity contribution in [2.24, 2.45) is 5.73 Å². The van der Waals surface area contributed by atoms with Gasteiger partial charge in [0, 0.05) is 22.6 Å². The van der Waals surface area contributed by atoms with E-state index in [9.17, 15) is 19.1 Å². The van der Waals surface area contributed by atoms with E-state index in [1.807, 2.05) is 6.08 Å². The van der Waals surface area contributed by atoms with E-state index in [2.05, 4.69) is 0 Å². The molecule has 0 bridgehead atoms. The van der Waals surface area contributed by atoms with Gasteiger partial charge in [0.15, 0.2) is 5.60 Å². The molecule has 1 atom stereocenters. The molecular weight excluding hydrogens is 441 g/mol. The van der Waals surface area contributed by atoms with Crippen molar-refractivity contribution >= 4 is 22.9 Å². The average Bonchev–Trinajstić information content (AvgIpc) is 3.19. The van der Waals surface area contributed by atoms with Crippen LogP contribution in [-0.4, -0.2) is 34.0 Å². The Morgan fingerprint density at radius 2 is 2.12 bits per heavy atom. The molecule has 5 rings (SSSR count). The molecule has 0 aliphatic carbocycles. The van der Waals surface area contributed by atoms with E-state index < -0.39 is 11.6 Å². The Balaban J connectivity index is 1.78. The van der Waals surface area contributed by atoms with Crippen molar-refractivity contribution in [2.45, 2.75) is 39.0 Å². The van der Waals surface area contributed by atoms with Gasteiger partial charge in [-0.2, -0.15) is 0 Å². The third kappa shape index (κ3) is 3.19. The lowest BCUT2D eigenvalue weighted by Gasteiger charge is -2.31. The molecule has 9 heteroatoms. The van der Waals surface area contributed by atoms with Crippen LogP contribution in [0.2, 0.25) is 0 Å². The second-order valence-electron chi connectivity index (χ2n) is 8.51. The number of nitrogens with zero attached hydrogens (tertiary/aromatic N) is 2. The van der Waals surface area contributed by atoms with Gasteiger partial charge < -0.3 is 24.9 Å². The van der Waals surface area contributed by atoms with Crippen molar-refractivity contribution in [1.82, 2.24) is 9.55 Å². The zero-order valence-corrected chi connectivity index (χ0v) is 18.9. The molecule has 176 valence electrons. The molecule has 0 spiro atoms. The monoisotopic (exact) mass is 465 g/mol. The highest BCUT2D eigenvalue weighted by Crippen LogP contribution is 2.40. The Labute approximate surface area is 194 Å². The van der Waals surface area contributed by atoms with Crippen molar-refractivity contribution < 1.29 is 23.8 Å². The van der Waals surface area contributed by atoms with E-state index in [0.717, 1.165) is 16.5 Å². The number of carbonyl (C=O) groups excluding carboxylic acids is 1. The first-order chi connectivity index (χ1) is 16.3. The van der Waals surface area contributed by atoms with Crippen LogP contribution in [-0.2, 0) is 33.0 Å². The number of cyclic esters (lactones) is 1. The number of halogens is 1. The number of aryl methyl sites for hydroxylation is 1. The number of hydrogen-bond donors (Lipinski definition) is 2. The summed E-state index contributed by atoms with van der Waals surface area (Å²) >= 11 is 0. The summed E-state index contributed by atoms with van der Waals surface area (Å²) in [7, 11) is 0. The van der Waals surface area contributed by atoms with Gasteiger partial charge in [0.25, 0.3) is 5.56 Å². The quantitative estimate of drug-likeness (QED) is 0.264. The van der Waals surface area contributed by atoms with Crippen molar-refractivity contribution in [3.8, 4) is 11.4 Å². The van der Waals surface area contributed by atoms with Crippen LogP contribution < -0.4 is 11.3 Å². The van der Waals surface area contributed by atoms with Gasteiger partial charge >= 0.3 is 5.97 Å². The summed E-state index contributed by atoms with van der Waals surface area (Å²) in [5.41, 5.74) is 7.10. The predicted molar refractivity (Wildman–Crippen MR) is 123 cm³/mol. The van der Waals surface area contributed by atoms with Gasteiger partial charge in [-0.1, -0.05) is 19.1 Å². The minimum absolute atomic E-state index is 0.0549. The molecule has 8 nitrogen and oxygen atoms in total. The molecule has 2 aliphatic heterocycles. The van der Waals surface area contributed by atoms with Gasteiger partial charge in [-0.3, -0.25) is 4.79 Å². The number of aromatic nitrogens is 2. The largest absolute Gasteiger partial charge is 0.458 e. The molecule has 2 aromatic heterocycles. The molecular formula is C25H24FN3O5. The average molecular weight is 465 g/mol. The smallest absolute Gasteiger partial charge is 0.343 e.